The summed E-state index contributed by atoms with van der Waals surface area (Å²) in [5.41, 5.74) is 5.41. The number of hydrogen-bond donors (Lipinski definition) is 3. The van der Waals surface area contributed by atoms with Gasteiger partial charge in [-0.15, -0.1) is 0 Å². The molecule has 0 saturated carbocycles. The predicted molar refractivity (Wildman–Crippen MR) is 63.7 cm³/mol. The van der Waals surface area contributed by atoms with Gasteiger partial charge in [-0.25, -0.2) is 0 Å². The highest BCUT2D eigenvalue weighted by Crippen LogP contribution is 1.97. The van der Waals surface area contributed by atoms with E-state index in [1.54, 1.807) is 6.26 Å². The zero-order valence-electron chi connectivity index (χ0n) is 9.40. The summed E-state index contributed by atoms with van der Waals surface area (Å²) >= 11 is 0. The molecule has 0 fully saturated rings. The number of nitrogens with zero attached hydrogens (tertiary/aromatic N) is 1. The normalized spacial score (nSPS) is 16.3. The number of oxime groups is 1. The van der Waals surface area contributed by atoms with Crippen LogP contribution in [0.2, 0.25) is 0 Å². The minimum atomic E-state index is -0.723. The number of nitrogens with one attached hydrogen (secondary N) is 1. The quantitative estimate of drug-likeness (QED) is 0.185. The molecule has 0 spiro atoms. The molecule has 0 aliphatic heterocycles. The molecule has 0 aromatic rings. The van der Waals surface area contributed by atoms with E-state index in [4.69, 9.17) is 10.9 Å². The third kappa shape index (κ3) is 8.38. The lowest BCUT2D eigenvalue weighted by Crippen LogP contribution is -2.34. The van der Waals surface area contributed by atoms with E-state index in [1.165, 1.54) is 0 Å². The molecule has 0 heterocycles. The second-order valence-corrected chi connectivity index (χ2v) is 5.04. The lowest BCUT2D eigenvalue weighted by atomic mass is 10.1. The largest absolute Gasteiger partial charge is 0.409 e. The smallest absolute Gasteiger partial charge is 0.140 e. The van der Waals surface area contributed by atoms with Gasteiger partial charge in [0.1, 0.15) is 5.84 Å². The molecule has 5 nitrogen and oxygen atoms in total. The Bertz CT molecular complexity index is 221. The van der Waals surface area contributed by atoms with Gasteiger partial charge in [-0.1, -0.05) is 12.1 Å². The monoisotopic (exact) mass is 235 g/mol. The van der Waals surface area contributed by atoms with Crippen molar-refractivity contribution in [1.29, 1.82) is 0 Å². The molecule has 90 valence electrons. The van der Waals surface area contributed by atoms with E-state index >= 15 is 0 Å². The lowest BCUT2D eigenvalue weighted by molar-refractivity contribution is 0.315. The second-order valence-electron chi connectivity index (χ2n) is 3.49. The SMILES string of the molecule is CCC(CC(N)=NO)NCCCS(C)=O. The van der Waals surface area contributed by atoms with Crippen LogP contribution in [0.15, 0.2) is 5.16 Å². The third-order valence-corrected chi connectivity index (χ3v) is 2.98. The molecule has 0 radical (unpaired) electrons. The summed E-state index contributed by atoms with van der Waals surface area (Å²) in [7, 11) is -0.723. The Balaban J connectivity index is 3.66. The molecule has 0 amide bonds. The van der Waals surface area contributed by atoms with E-state index in [9.17, 15) is 4.21 Å². The van der Waals surface area contributed by atoms with Gasteiger partial charge in [-0.3, -0.25) is 4.21 Å². The molecular formula is C9H21N3O2S. The van der Waals surface area contributed by atoms with Gasteiger partial charge in [0.25, 0.3) is 0 Å². The highest BCUT2D eigenvalue weighted by atomic mass is 32.2. The summed E-state index contributed by atoms with van der Waals surface area (Å²) in [6.07, 6.45) is 4.05. The van der Waals surface area contributed by atoms with Gasteiger partial charge in [0.15, 0.2) is 0 Å². The van der Waals surface area contributed by atoms with E-state index in [1.807, 2.05) is 6.92 Å². The Morgan fingerprint density at radius 3 is 2.80 bits per heavy atom. The van der Waals surface area contributed by atoms with Crippen LogP contribution in [0.3, 0.4) is 0 Å². The summed E-state index contributed by atoms with van der Waals surface area (Å²) in [4.78, 5) is 0. The number of amidine groups is 1. The minimum absolute atomic E-state index is 0.228. The van der Waals surface area contributed by atoms with Crippen molar-refractivity contribution in [3.05, 3.63) is 0 Å². The highest BCUT2D eigenvalue weighted by molar-refractivity contribution is 7.84. The molecule has 0 saturated heterocycles. The van der Waals surface area contributed by atoms with E-state index < -0.39 is 10.8 Å². The van der Waals surface area contributed by atoms with Gasteiger partial charge in [0, 0.05) is 35.3 Å². The third-order valence-electron chi connectivity index (χ3n) is 2.12. The first-order chi connectivity index (χ1) is 7.10. The van der Waals surface area contributed by atoms with Gasteiger partial charge >= 0.3 is 0 Å². The van der Waals surface area contributed by atoms with Crippen molar-refractivity contribution in [2.45, 2.75) is 32.2 Å². The van der Waals surface area contributed by atoms with Crippen molar-refractivity contribution in [2.75, 3.05) is 18.6 Å². The van der Waals surface area contributed by atoms with Gasteiger partial charge in [-0.2, -0.15) is 0 Å². The van der Waals surface area contributed by atoms with Gasteiger partial charge in [0.2, 0.25) is 0 Å². The van der Waals surface area contributed by atoms with Crippen LogP contribution in [0, 0.1) is 0 Å². The first kappa shape index (κ1) is 14.4. The standard InChI is InChI=1S/C9H21N3O2S/c1-3-8(7-9(10)12-13)11-5-4-6-15(2)14/h8,11,13H,3-7H2,1-2H3,(H2,10,12). The molecule has 2 atom stereocenters. The summed E-state index contributed by atoms with van der Waals surface area (Å²) < 4.78 is 10.8. The van der Waals surface area contributed by atoms with E-state index in [2.05, 4.69) is 10.5 Å². The minimum Gasteiger partial charge on any atom is -0.409 e. The molecule has 0 aromatic heterocycles. The zero-order chi connectivity index (χ0) is 11.7. The Labute approximate surface area is 93.6 Å². The first-order valence-electron chi connectivity index (χ1n) is 5.10. The Morgan fingerprint density at radius 2 is 2.33 bits per heavy atom. The van der Waals surface area contributed by atoms with Crippen LogP contribution in [0.5, 0.6) is 0 Å². The van der Waals surface area contributed by atoms with Gasteiger partial charge < -0.3 is 16.3 Å². The maximum Gasteiger partial charge on any atom is 0.140 e. The van der Waals surface area contributed by atoms with Crippen molar-refractivity contribution < 1.29 is 9.42 Å². The van der Waals surface area contributed by atoms with E-state index in [0.717, 1.165) is 19.4 Å². The highest BCUT2D eigenvalue weighted by Gasteiger charge is 2.07. The van der Waals surface area contributed by atoms with Gasteiger partial charge in [0.05, 0.1) is 0 Å². The van der Waals surface area contributed by atoms with Crippen LogP contribution in [0.1, 0.15) is 26.2 Å². The Kier molecular flexibility index (Phi) is 8.31. The summed E-state index contributed by atoms with van der Waals surface area (Å²) in [6.45, 7) is 2.86. The fraction of sp³-hybridized carbons (Fsp3) is 0.889. The molecule has 0 aromatic carbocycles. The molecule has 15 heavy (non-hydrogen) atoms. The summed E-state index contributed by atoms with van der Waals surface area (Å²) in [5.74, 6) is 0.959. The van der Waals surface area contributed by atoms with Crippen molar-refractivity contribution >= 4 is 16.6 Å². The molecule has 0 rings (SSSR count). The van der Waals surface area contributed by atoms with Crippen molar-refractivity contribution in [1.82, 2.24) is 5.32 Å². The van der Waals surface area contributed by atoms with Crippen molar-refractivity contribution in [3.8, 4) is 0 Å². The molecule has 0 aliphatic rings. The number of nitrogens with two attached hydrogens (primary N) is 1. The molecular weight excluding hydrogens is 214 g/mol. The average Bonchev–Trinajstić information content (AvgIpc) is 2.21. The Hall–Kier alpha value is -0.620. The van der Waals surface area contributed by atoms with Crippen LogP contribution in [0.25, 0.3) is 0 Å². The van der Waals surface area contributed by atoms with Crippen molar-refractivity contribution in [2.24, 2.45) is 10.9 Å². The van der Waals surface area contributed by atoms with Crippen LogP contribution < -0.4 is 11.1 Å². The fourth-order valence-corrected chi connectivity index (χ4v) is 1.79. The summed E-state index contributed by atoms with van der Waals surface area (Å²) in [5, 5.41) is 14.6. The van der Waals surface area contributed by atoms with Crippen LogP contribution in [0.4, 0.5) is 0 Å². The molecule has 4 N–H and O–H groups in total. The van der Waals surface area contributed by atoms with Crippen LogP contribution in [-0.4, -0.2) is 39.8 Å². The predicted octanol–water partition coefficient (Wildman–Crippen LogP) is 0.260. The average molecular weight is 235 g/mol. The second kappa shape index (κ2) is 8.67. The molecule has 2 unspecified atom stereocenters. The maximum atomic E-state index is 10.8. The summed E-state index contributed by atoms with van der Waals surface area (Å²) in [6, 6.07) is 0.228. The molecule has 6 heteroatoms. The van der Waals surface area contributed by atoms with Crippen LogP contribution in [-0.2, 0) is 10.8 Å². The Morgan fingerprint density at radius 1 is 1.67 bits per heavy atom. The number of rotatable bonds is 8. The topological polar surface area (TPSA) is 87.7 Å². The molecule has 0 aliphatic carbocycles. The fourth-order valence-electron chi connectivity index (χ4n) is 1.24. The van der Waals surface area contributed by atoms with E-state index in [0.29, 0.717) is 12.2 Å². The van der Waals surface area contributed by atoms with Crippen molar-refractivity contribution in [3.63, 3.8) is 0 Å². The first-order valence-corrected chi connectivity index (χ1v) is 6.82. The number of hydrogen-bond acceptors (Lipinski definition) is 4. The maximum absolute atomic E-state index is 10.8. The lowest BCUT2D eigenvalue weighted by Gasteiger charge is -2.15. The van der Waals surface area contributed by atoms with Gasteiger partial charge in [-0.05, 0) is 19.4 Å². The van der Waals surface area contributed by atoms with Crippen LogP contribution >= 0.6 is 0 Å². The zero-order valence-corrected chi connectivity index (χ0v) is 10.2. The molecule has 0 bridgehead atoms. The van der Waals surface area contributed by atoms with E-state index in [-0.39, 0.29) is 11.9 Å².